The van der Waals surface area contributed by atoms with Crippen LogP contribution in [0.5, 0.6) is 0 Å². The third kappa shape index (κ3) is 3.13. The Morgan fingerprint density at radius 2 is 1.68 bits per heavy atom. The van der Waals surface area contributed by atoms with E-state index in [0.717, 1.165) is 35.9 Å². The van der Waals surface area contributed by atoms with Gasteiger partial charge < -0.3 is 10.5 Å². The van der Waals surface area contributed by atoms with Crippen molar-refractivity contribution < 1.29 is 19.1 Å². The molecule has 168 valence electrons. The lowest BCUT2D eigenvalue weighted by Crippen LogP contribution is -2.24. The summed E-state index contributed by atoms with van der Waals surface area (Å²) in [6.07, 6.45) is 4.29. The van der Waals surface area contributed by atoms with E-state index in [1.807, 2.05) is 0 Å². The van der Waals surface area contributed by atoms with Crippen LogP contribution < -0.4 is 5.73 Å². The normalized spacial score (nSPS) is 14.5. The first-order chi connectivity index (χ1) is 16.5. The molecule has 34 heavy (non-hydrogen) atoms. The monoisotopic (exact) mass is 469 g/mol. The summed E-state index contributed by atoms with van der Waals surface area (Å²) in [7, 11) is 0. The molecule has 2 N–H and O–H groups in total. The number of benzene rings is 2. The molecule has 0 saturated heterocycles. The van der Waals surface area contributed by atoms with Crippen LogP contribution >= 0.6 is 11.3 Å². The van der Waals surface area contributed by atoms with Crippen LogP contribution in [0.15, 0.2) is 42.5 Å². The minimum absolute atomic E-state index is 0.0472. The van der Waals surface area contributed by atoms with E-state index in [4.69, 9.17) is 10.5 Å². The third-order valence-electron chi connectivity index (χ3n) is 6.39. The number of ether oxygens (including phenoxy) is 1. The maximum atomic E-state index is 13.1. The van der Waals surface area contributed by atoms with Crippen LogP contribution in [-0.4, -0.2) is 27.5 Å². The van der Waals surface area contributed by atoms with E-state index in [-0.39, 0.29) is 40.4 Å². The van der Waals surface area contributed by atoms with E-state index in [1.54, 1.807) is 47.7 Å². The third-order valence-corrected chi connectivity index (χ3v) is 7.58. The number of rotatable bonds is 3. The number of anilines is 1. The van der Waals surface area contributed by atoms with Gasteiger partial charge in [-0.05, 0) is 37.3 Å². The van der Waals surface area contributed by atoms with Gasteiger partial charge in [-0.2, -0.15) is 0 Å². The Labute approximate surface area is 198 Å². The fourth-order valence-corrected chi connectivity index (χ4v) is 6.11. The summed E-state index contributed by atoms with van der Waals surface area (Å²) in [5, 5.41) is 0.912. The Morgan fingerprint density at radius 1 is 0.941 bits per heavy atom. The van der Waals surface area contributed by atoms with Crippen LogP contribution in [0, 0.1) is 0 Å². The van der Waals surface area contributed by atoms with E-state index < -0.39 is 5.97 Å². The number of hydrogen-bond donors (Lipinski definition) is 1. The Balaban J connectivity index is 1.30. The highest BCUT2D eigenvalue weighted by Gasteiger charge is 2.33. The quantitative estimate of drug-likeness (QED) is 0.392. The molecule has 0 fully saturated rings. The number of nitrogen functional groups attached to an aromatic ring is 1. The average molecular weight is 470 g/mol. The summed E-state index contributed by atoms with van der Waals surface area (Å²) < 4.78 is 5.48. The van der Waals surface area contributed by atoms with Crippen LogP contribution in [0.1, 0.15) is 71.3 Å². The van der Waals surface area contributed by atoms with Gasteiger partial charge in [0.15, 0.2) is 24.0 Å². The van der Waals surface area contributed by atoms with Gasteiger partial charge in [0.05, 0.1) is 10.9 Å². The number of carbonyl (C=O) groups excluding carboxylic acids is 3. The van der Waals surface area contributed by atoms with Crippen LogP contribution in [0.3, 0.4) is 0 Å². The summed E-state index contributed by atoms with van der Waals surface area (Å²) in [5.41, 5.74) is 8.42. The van der Waals surface area contributed by atoms with E-state index in [1.165, 1.54) is 16.5 Å². The summed E-state index contributed by atoms with van der Waals surface area (Å²) in [4.78, 5) is 50.1. The predicted octanol–water partition coefficient (Wildman–Crippen LogP) is 4.28. The number of hydrogen-bond acceptors (Lipinski definition) is 8. The molecule has 0 radical (unpaired) electrons. The van der Waals surface area contributed by atoms with Crippen molar-refractivity contribution in [2.75, 3.05) is 5.73 Å². The molecule has 0 unspecified atom stereocenters. The molecule has 7 nitrogen and oxygen atoms in total. The lowest BCUT2D eigenvalue weighted by molar-refractivity contribution is 0.0460. The fraction of sp³-hybridized carbons (Fsp3) is 0.192. The molecular formula is C26H19N3O4S. The van der Waals surface area contributed by atoms with Crippen molar-refractivity contribution in [3.05, 3.63) is 86.5 Å². The van der Waals surface area contributed by atoms with Crippen molar-refractivity contribution in [1.29, 1.82) is 0 Å². The zero-order valence-corrected chi connectivity index (χ0v) is 18.9. The SMILES string of the molecule is Nc1nc(COC(=O)c2cccc3c2C(=O)c2ccccc2C3=O)nc2sc3c(c12)CCCC3. The molecule has 0 bridgehead atoms. The standard InChI is InChI=1S/C26H19N3O4S/c27-24-21-15-8-3-4-11-18(15)34-25(21)29-19(28-24)12-33-26(32)17-10-5-9-16-20(17)23(31)14-7-2-1-6-13(14)22(16)30/h1-2,5-7,9-10H,3-4,8,11-12H2,(H2,27,28,29). The Hall–Kier alpha value is -3.91. The van der Waals surface area contributed by atoms with Gasteiger partial charge >= 0.3 is 5.97 Å². The maximum absolute atomic E-state index is 13.1. The minimum atomic E-state index is -0.717. The zero-order chi connectivity index (χ0) is 23.4. The van der Waals surface area contributed by atoms with Gasteiger partial charge in [-0.1, -0.05) is 36.4 Å². The first kappa shape index (κ1) is 20.7. The number of aryl methyl sites for hydroxylation is 2. The largest absolute Gasteiger partial charge is 0.454 e. The second-order valence-corrected chi connectivity index (χ2v) is 9.51. The highest BCUT2D eigenvalue weighted by molar-refractivity contribution is 7.19. The maximum Gasteiger partial charge on any atom is 0.339 e. The molecule has 0 atom stereocenters. The Morgan fingerprint density at radius 3 is 2.50 bits per heavy atom. The van der Waals surface area contributed by atoms with Crippen molar-refractivity contribution in [2.45, 2.75) is 32.3 Å². The van der Waals surface area contributed by atoms with E-state index in [0.29, 0.717) is 17.2 Å². The van der Waals surface area contributed by atoms with E-state index >= 15 is 0 Å². The summed E-state index contributed by atoms with van der Waals surface area (Å²) in [5.74, 6) is -0.684. The number of nitrogens with zero attached hydrogens (tertiary/aromatic N) is 2. The molecule has 6 rings (SSSR count). The molecule has 2 aliphatic rings. The molecule has 0 aliphatic heterocycles. The Kier molecular flexibility index (Phi) is 4.77. The van der Waals surface area contributed by atoms with Crippen LogP contribution in [-0.2, 0) is 24.2 Å². The highest BCUT2D eigenvalue weighted by Crippen LogP contribution is 2.37. The van der Waals surface area contributed by atoms with Crippen LogP contribution in [0.2, 0.25) is 0 Å². The van der Waals surface area contributed by atoms with Gasteiger partial charge in [0, 0.05) is 27.1 Å². The number of carbonyl (C=O) groups is 3. The molecule has 0 spiro atoms. The van der Waals surface area contributed by atoms with E-state index in [9.17, 15) is 14.4 Å². The molecule has 4 aromatic rings. The Bertz CT molecular complexity index is 1540. The van der Waals surface area contributed by atoms with Gasteiger partial charge in [0.25, 0.3) is 0 Å². The molecule has 2 heterocycles. The second-order valence-electron chi connectivity index (χ2n) is 8.42. The lowest BCUT2D eigenvalue weighted by atomic mass is 9.82. The number of aromatic nitrogens is 2. The van der Waals surface area contributed by atoms with Crippen molar-refractivity contribution in [2.24, 2.45) is 0 Å². The second kappa shape index (κ2) is 7.85. The molecule has 0 saturated carbocycles. The molecular weight excluding hydrogens is 450 g/mol. The summed E-state index contributed by atoms with van der Waals surface area (Å²) in [6, 6.07) is 11.2. The zero-order valence-electron chi connectivity index (χ0n) is 18.1. The molecule has 2 aromatic carbocycles. The van der Waals surface area contributed by atoms with E-state index in [2.05, 4.69) is 9.97 Å². The highest BCUT2D eigenvalue weighted by atomic mass is 32.1. The summed E-state index contributed by atoms with van der Waals surface area (Å²) in [6.45, 7) is -0.191. The number of ketones is 2. The first-order valence-electron chi connectivity index (χ1n) is 11.1. The van der Waals surface area contributed by atoms with Crippen molar-refractivity contribution in [1.82, 2.24) is 9.97 Å². The van der Waals surface area contributed by atoms with Gasteiger partial charge in [0.2, 0.25) is 0 Å². The first-order valence-corrected chi connectivity index (χ1v) is 11.9. The van der Waals surface area contributed by atoms with Crippen LogP contribution in [0.25, 0.3) is 10.2 Å². The molecule has 8 heteroatoms. The fourth-order valence-electron chi connectivity index (χ4n) is 4.82. The van der Waals surface area contributed by atoms with Crippen molar-refractivity contribution in [3.63, 3.8) is 0 Å². The van der Waals surface area contributed by atoms with Gasteiger partial charge in [-0.3, -0.25) is 9.59 Å². The number of esters is 1. The smallest absolute Gasteiger partial charge is 0.339 e. The molecule has 2 aliphatic carbocycles. The lowest BCUT2D eigenvalue weighted by Gasteiger charge is -2.19. The average Bonchev–Trinajstić information content (AvgIpc) is 3.24. The van der Waals surface area contributed by atoms with Crippen LogP contribution in [0.4, 0.5) is 5.82 Å². The van der Waals surface area contributed by atoms with Crippen molar-refractivity contribution in [3.8, 4) is 0 Å². The number of thiophene rings is 1. The summed E-state index contributed by atoms with van der Waals surface area (Å²) >= 11 is 1.62. The minimum Gasteiger partial charge on any atom is -0.454 e. The topological polar surface area (TPSA) is 112 Å². The molecule has 2 aromatic heterocycles. The van der Waals surface area contributed by atoms with Gasteiger partial charge in [-0.25, -0.2) is 14.8 Å². The number of fused-ring (bicyclic) bond motifs is 5. The van der Waals surface area contributed by atoms with Crippen molar-refractivity contribution >= 4 is 44.9 Å². The predicted molar refractivity (Wildman–Crippen MR) is 127 cm³/mol. The molecule has 0 amide bonds. The van der Waals surface area contributed by atoms with Gasteiger partial charge in [0.1, 0.15) is 10.6 Å². The number of nitrogens with two attached hydrogens (primary N) is 1. The van der Waals surface area contributed by atoms with Gasteiger partial charge in [-0.15, -0.1) is 11.3 Å².